The maximum Gasteiger partial charge on any atom is 0.182 e. The predicted octanol–water partition coefficient (Wildman–Crippen LogP) is 4.79. The summed E-state index contributed by atoms with van der Waals surface area (Å²) >= 11 is 11.3. The summed E-state index contributed by atoms with van der Waals surface area (Å²) in [6.45, 7) is 1.86. The molecule has 0 atom stereocenters. The number of aromatic nitrogens is 2. The number of H-pyrrole nitrogens is 1. The van der Waals surface area contributed by atoms with E-state index in [1.807, 2.05) is 29.7 Å². The third-order valence-corrected chi connectivity index (χ3v) is 3.56. The van der Waals surface area contributed by atoms with Gasteiger partial charge in [0.15, 0.2) is 4.77 Å². The zero-order valence-electron chi connectivity index (χ0n) is 10.1. The van der Waals surface area contributed by atoms with Gasteiger partial charge in [-0.2, -0.15) is 0 Å². The van der Waals surface area contributed by atoms with Gasteiger partial charge in [-0.05, 0) is 61.1 Å². The number of nitrogens with one attached hydrogen (secondary N) is 1. The van der Waals surface area contributed by atoms with Gasteiger partial charge in [0.25, 0.3) is 0 Å². The summed E-state index contributed by atoms with van der Waals surface area (Å²) in [5.74, 6) is -0.254. The number of hydrogen-bond acceptors (Lipinski definition) is 1. The molecule has 0 aliphatic heterocycles. The third-order valence-electron chi connectivity index (χ3n) is 3.04. The summed E-state index contributed by atoms with van der Waals surface area (Å²) in [5.41, 5.74) is 3.47. The highest BCUT2D eigenvalue weighted by Crippen LogP contribution is 2.24. The second-order valence-electron chi connectivity index (χ2n) is 4.36. The van der Waals surface area contributed by atoms with Crippen molar-refractivity contribution in [1.29, 1.82) is 0 Å². The van der Waals surface area contributed by atoms with Gasteiger partial charge in [0.1, 0.15) is 5.82 Å². The first-order valence-corrected chi connectivity index (χ1v) is 6.52. The lowest BCUT2D eigenvalue weighted by molar-refractivity contribution is 0.626. The second-order valence-corrected chi connectivity index (χ2v) is 5.18. The number of fused-ring (bicyclic) bond motifs is 1. The quantitative estimate of drug-likeness (QED) is 0.640. The Bertz CT molecular complexity index is 835. The van der Waals surface area contributed by atoms with E-state index in [0.29, 0.717) is 9.79 Å². The van der Waals surface area contributed by atoms with Crippen LogP contribution in [0, 0.1) is 17.5 Å². The first-order valence-electron chi connectivity index (χ1n) is 5.73. The zero-order valence-corrected chi connectivity index (χ0v) is 11.6. The molecule has 2 aromatic carbocycles. The molecule has 0 amide bonds. The van der Waals surface area contributed by atoms with Gasteiger partial charge in [-0.15, -0.1) is 0 Å². The second kappa shape index (κ2) is 4.47. The number of benzene rings is 2. The Kier molecular flexibility index (Phi) is 2.92. The van der Waals surface area contributed by atoms with Crippen LogP contribution in [0.1, 0.15) is 5.56 Å². The summed E-state index contributed by atoms with van der Waals surface area (Å²) in [7, 11) is 0. The van der Waals surface area contributed by atoms with Crippen LogP contribution >= 0.6 is 23.8 Å². The lowest BCUT2D eigenvalue weighted by Gasteiger charge is -2.08. The summed E-state index contributed by atoms with van der Waals surface area (Å²) in [4.78, 5) is 3.11. The molecular formula is C14H10ClFN2S. The Labute approximate surface area is 119 Å². The van der Waals surface area contributed by atoms with Crippen molar-refractivity contribution in [2.45, 2.75) is 6.92 Å². The van der Waals surface area contributed by atoms with Crippen LogP contribution < -0.4 is 0 Å². The van der Waals surface area contributed by atoms with Gasteiger partial charge in [-0.1, -0.05) is 11.6 Å². The normalized spacial score (nSPS) is 11.1. The van der Waals surface area contributed by atoms with E-state index < -0.39 is 0 Å². The Balaban J connectivity index is 2.36. The Morgan fingerprint density at radius 3 is 2.74 bits per heavy atom. The molecule has 1 N–H and O–H groups in total. The number of imidazole rings is 1. The molecule has 3 rings (SSSR count). The van der Waals surface area contributed by atoms with E-state index in [2.05, 4.69) is 4.98 Å². The number of rotatable bonds is 1. The van der Waals surface area contributed by atoms with Crippen LogP contribution in [0.2, 0.25) is 5.02 Å². The molecule has 0 aliphatic rings. The highest BCUT2D eigenvalue weighted by molar-refractivity contribution is 7.71. The molecule has 0 saturated heterocycles. The zero-order chi connectivity index (χ0) is 13.6. The van der Waals surface area contributed by atoms with Crippen molar-refractivity contribution in [3.05, 3.63) is 57.6 Å². The average molecular weight is 293 g/mol. The van der Waals surface area contributed by atoms with Gasteiger partial charge >= 0.3 is 0 Å². The fraction of sp³-hybridized carbons (Fsp3) is 0.0714. The van der Waals surface area contributed by atoms with Crippen molar-refractivity contribution in [3.63, 3.8) is 0 Å². The number of hydrogen-bond donors (Lipinski definition) is 1. The van der Waals surface area contributed by atoms with E-state index in [1.165, 1.54) is 12.1 Å². The highest BCUT2D eigenvalue weighted by Gasteiger charge is 2.09. The summed E-state index contributed by atoms with van der Waals surface area (Å²) in [5, 5.41) is 0.645. The molecule has 0 aliphatic carbocycles. The van der Waals surface area contributed by atoms with E-state index in [0.717, 1.165) is 22.3 Å². The minimum Gasteiger partial charge on any atom is -0.330 e. The Morgan fingerprint density at radius 2 is 2.00 bits per heavy atom. The van der Waals surface area contributed by atoms with Crippen molar-refractivity contribution in [2.75, 3.05) is 0 Å². The van der Waals surface area contributed by atoms with Crippen molar-refractivity contribution in [1.82, 2.24) is 9.55 Å². The van der Waals surface area contributed by atoms with Crippen LogP contribution in [0.3, 0.4) is 0 Å². The molecule has 0 unspecified atom stereocenters. The topological polar surface area (TPSA) is 20.7 Å². The monoisotopic (exact) mass is 292 g/mol. The van der Waals surface area contributed by atoms with E-state index in [-0.39, 0.29) is 5.82 Å². The maximum atomic E-state index is 13.2. The van der Waals surface area contributed by atoms with E-state index in [1.54, 1.807) is 6.07 Å². The smallest absolute Gasteiger partial charge is 0.182 e. The molecule has 0 radical (unpaired) electrons. The SMILES string of the molecule is Cc1cc(F)ccc1-n1c(=S)[nH]c2cc(Cl)ccc21. The van der Waals surface area contributed by atoms with Crippen LogP contribution in [-0.2, 0) is 0 Å². The molecule has 5 heteroatoms. The summed E-state index contributed by atoms with van der Waals surface area (Å²) in [6, 6.07) is 10.2. The number of halogens is 2. The van der Waals surface area contributed by atoms with Crippen molar-refractivity contribution >= 4 is 34.9 Å². The molecule has 2 nitrogen and oxygen atoms in total. The maximum absolute atomic E-state index is 13.2. The number of nitrogens with zero attached hydrogens (tertiary/aromatic N) is 1. The molecule has 1 aromatic heterocycles. The van der Waals surface area contributed by atoms with E-state index in [4.69, 9.17) is 23.8 Å². The molecule has 19 heavy (non-hydrogen) atoms. The van der Waals surface area contributed by atoms with Crippen molar-refractivity contribution < 1.29 is 4.39 Å². The molecule has 0 spiro atoms. The van der Waals surface area contributed by atoms with Crippen molar-refractivity contribution in [2.24, 2.45) is 0 Å². The standard InChI is InChI=1S/C14H10ClFN2S/c1-8-6-10(16)3-5-12(8)18-13-4-2-9(15)7-11(13)17-14(18)19/h2-7H,1H3,(H,17,19). The van der Waals surface area contributed by atoms with Gasteiger partial charge in [-0.25, -0.2) is 4.39 Å². The molecule has 0 bridgehead atoms. The van der Waals surface area contributed by atoms with Gasteiger partial charge in [0.2, 0.25) is 0 Å². The number of aryl methyl sites for hydroxylation is 1. The Hall–Kier alpha value is -1.65. The lowest BCUT2D eigenvalue weighted by Crippen LogP contribution is -1.97. The molecule has 96 valence electrons. The van der Waals surface area contributed by atoms with Crippen LogP contribution in [-0.4, -0.2) is 9.55 Å². The van der Waals surface area contributed by atoms with Crippen LogP contribution in [0.4, 0.5) is 4.39 Å². The van der Waals surface area contributed by atoms with Crippen LogP contribution in [0.25, 0.3) is 16.7 Å². The molecule has 0 saturated carbocycles. The molecular weight excluding hydrogens is 283 g/mol. The van der Waals surface area contributed by atoms with E-state index >= 15 is 0 Å². The Morgan fingerprint density at radius 1 is 1.21 bits per heavy atom. The summed E-state index contributed by atoms with van der Waals surface area (Å²) in [6.07, 6.45) is 0. The predicted molar refractivity (Wildman–Crippen MR) is 78.2 cm³/mol. The number of aromatic amines is 1. The van der Waals surface area contributed by atoms with Crippen molar-refractivity contribution in [3.8, 4) is 5.69 Å². The third kappa shape index (κ3) is 2.07. The van der Waals surface area contributed by atoms with Crippen LogP contribution in [0.5, 0.6) is 0 Å². The van der Waals surface area contributed by atoms with Crippen LogP contribution in [0.15, 0.2) is 36.4 Å². The largest absolute Gasteiger partial charge is 0.330 e. The fourth-order valence-corrected chi connectivity index (χ4v) is 2.67. The van der Waals surface area contributed by atoms with E-state index in [9.17, 15) is 4.39 Å². The average Bonchev–Trinajstić information content (AvgIpc) is 2.65. The minimum atomic E-state index is -0.254. The molecule has 1 heterocycles. The fourth-order valence-electron chi connectivity index (χ4n) is 2.19. The van der Waals surface area contributed by atoms with Gasteiger partial charge < -0.3 is 4.98 Å². The molecule has 3 aromatic rings. The highest BCUT2D eigenvalue weighted by atomic mass is 35.5. The summed E-state index contributed by atoms with van der Waals surface area (Å²) < 4.78 is 15.6. The van der Waals surface area contributed by atoms with Gasteiger partial charge in [0, 0.05) is 5.02 Å². The van der Waals surface area contributed by atoms with Gasteiger partial charge in [0.05, 0.1) is 16.7 Å². The first kappa shape index (κ1) is 12.4. The first-order chi connectivity index (χ1) is 9.06. The lowest BCUT2D eigenvalue weighted by atomic mass is 10.2. The minimum absolute atomic E-state index is 0.254. The van der Waals surface area contributed by atoms with Gasteiger partial charge in [-0.3, -0.25) is 4.57 Å². The molecule has 0 fully saturated rings.